The Labute approximate surface area is 763 Å². The average Bonchev–Trinajstić information content (AvgIpc) is 1.53. The molecule has 19 aromatic carbocycles. The number of ether oxygens (including phenoxy) is 2. The molecule has 0 radical (unpaired) electrons. The summed E-state index contributed by atoms with van der Waals surface area (Å²) in [6, 6.07) is 156. The Hall–Kier alpha value is -17.8. The molecule has 4 aliphatic rings. The fourth-order valence-electron chi connectivity index (χ4n) is 22.2. The SMILES string of the molecule is c1ccc(-c2nc(-c3ccccc3)nc(-c3ccc4c(c3)c3cc(-c5ccc6c(c5)C5(c7ccccc7Oc7ccccc75)c5ccccc5-6)ccc3n4-c3ccc(-c4cc(-c5nc(-c6ccccc6)nc(-c6cccc(-n7c8ccccc8c8ccccc87)c6)n5)c5oc6c(-c7ccc8c(c7)C7(c9ccccc9O8)c8ccccc8-c8ccccc87)cccc6c5c4)cc3)n2)cc1. The van der Waals surface area contributed by atoms with Gasteiger partial charge in [-0.05, 0) is 188 Å². The lowest BCUT2D eigenvalue weighted by Gasteiger charge is -2.39. The summed E-state index contributed by atoms with van der Waals surface area (Å²) < 4.78 is 26.2. The molecule has 0 bridgehead atoms. The fourth-order valence-corrected chi connectivity index (χ4v) is 22.2. The van der Waals surface area contributed by atoms with Gasteiger partial charge >= 0.3 is 0 Å². The Morgan fingerprint density at radius 2 is 0.534 bits per heavy atom. The number of aromatic nitrogens is 8. The molecular weight excluding hydrogens is 1630 g/mol. The average molecular weight is 1700 g/mol. The van der Waals surface area contributed by atoms with Crippen LogP contribution in [0, 0.1) is 0 Å². The molecule has 0 amide bonds. The lowest BCUT2D eigenvalue weighted by atomic mass is 9.66. The number of nitrogens with zero attached hydrogens (tertiary/aromatic N) is 8. The van der Waals surface area contributed by atoms with Crippen LogP contribution < -0.4 is 9.47 Å². The van der Waals surface area contributed by atoms with Crippen LogP contribution in [0.1, 0.15) is 44.5 Å². The predicted molar refractivity (Wildman–Crippen MR) is 533 cm³/mol. The number of hydrogen-bond donors (Lipinski definition) is 0. The first-order chi connectivity index (χ1) is 65.9. The summed E-state index contributed by atoms with van der Waals surface area (Å²) >= 11 is 0. The van der Waals surface area contributed by atoms with E-state index in [-0.39, 0.29) is 0 Å². The van der Waals surface area contributed by atoms with Crippen LogP contribution in [0.4, 0.5) is 0 Å². The molecule has 618 valence electrons. The minimum Gasteiger partial charge on any atom is -0.457 e. The molecule has 2 aliphatic heterocycles. The quantitative estimate of drug-likeness (QED) is 0.125. The standard InChI is InChI=1S/C122H72N8O3/c1-4-28-74(29-5-1)115-123-116(75-30-6-2-7-31-75)125-119(124-115)81-58-64-108-94(68-81)93-67-77(78-56-62-89-88-38-12-17-45-99(88)122(103(89)71-78)101-47-19-24-52-110(101)131-111-53-25-20-48-102(111)122)57-63-107(93)129(108)83-60-54-73(55-61-83)82-69-95-92-42-27-41-85(79-59-65-112-104(72-79)121(100-46-18-23-51-109(100)132-112)97-43-15-10-36-86(97)87-37-11-16-44-98(87)121)113(92)133-114(95)96(70-82)120-127-117(76-32-8-3-9-33-76)126-118(128-120)80-34-26-35-84(66-80)130-105-49-21-13-39-90(105)91-40-14-22-50-106(91)130/h1-72H. The van der Waals surface area contributed by atoms with E-state index in [4.69, 9.17) is 43.8 Å². The lowest BCUT2D eigenvalue weighted by molar-refractivity contribution is 0.436. The molecule has 0 unspecified atom stereocenters. The molecule has 0 atom stereocenters. The van der Waals surface area contributed by atoms with Gasteiger partial charge in [-0.25, -0.2) is 29.9 Å². The van der Waals surface area contributed by atoms with Gasteiger partial charge in [-0.2, -0.15) is 0 Å². The van der Waals surface area contributed by atoms with E-state index in [1.165, 1.54) is 55.3 Å². The minimum atomic E-state index is -0.689. The van der Waals surface area contributed by atoms with Gasteiger partial charge in [0.05, 0.1) is 38.5 Å². The number of benzene rings is 19. The second-order valence-corrected chi connectivity index (χ2v) is 35.0. The lowest BCUT2D eigenvalue weighted by Crippen LogP contribution is -2.32. The Kier molecular flexibility index (Phi) is 16.1. The van der Waals surface area contributed by atoms with E-state index >= 15 is 0 Å². The minimum absolute atomic E-state index is 0.456. The topological polar surface area (TPSA) is 119 Å². The maximum Gasteiger partial charge on any atom is 0.167 e. The predicted octanol–water partition coefficient (Wildman–Crippen LogP) is 30.1. The van der Waals surface area contributed by atoms with Crippen molar-refractivity contribution in [3.63, 3.8) is 0 Å². The molecule has 5 aromatic heterocycles. The summed E-state index contributed by atoms with van der Waals surface area (Å²) in [6.45, 7) is 0. The van der Waals surface area contributed by atoms with Crippen LogP contribution >= 0.6 is 0 Å². The maximum absolute atomic E-state index is 7.69. The number of furan rings is 1. The second-order valence-electron chi connectivity index (χ2n) is 35.0. The van der Waals surface area contributed by atoms with E-state index in [0.29, 0.717) is 46.1 Å². The van der Waals surface area contributed by atoms with Gasteiger partial charge in [-0.3, -0.25) is 0 Å². The monoisotopic (exact) mass is 1700 g/mol. The summed E-state index contributed by atoms with van der Waals surface area (Å²) in [5.74, 6) is 6.60. The van der Waals surface area contributed by atoms with Crippen molar-refractivity contribution in [1.29, 1.82) is 0 Å². The number of para-hydroxylation sites is 6. The van der Waals surface area contributed by atoms with Crippen LogP contribution in [0.2, 0.25) is 0 Å². The first-order valence-corrected chi connectivity index (χ1v) is 45.1. The first kappa shape index (κ1) is 74.3. The van der Waals surface area contributed by atoms with Crippen molar-refractivity contribution in [2.45, 2.75) is 10.8 Å². The molecule has 7 heterocycles. The summed E-state index contributed by atoms with van der Waals surface area (Å²) in [5.41, 5.74) is 31.4. The number of hydrogen-bond acceptors (Lipinski definition) is 9. The highest BCUT2D eigenvalue weighted by molar-refractivity contribution is 6.16. The van der Waals surface area contributed by atoms with Gasteiger partial charge in [0.1, 0.15) is 34.2 Å². The van der Waals surface area contributed by atoms with E-state index in [1.54, 1.807) is 0 Å². The van der Waals surface area contributed by atoms with E-state index in [2.05, 4.69) is 391 Å². The van der Waals surface area contributed by atoms with E-state index in [0.717, 1.165) is 167 Å². The zero-order valence-electron chi connectivity index (χ0n) is 71.4. The summed E-state index contributed by atoms with van der Waals surface area (Å²) in [6.07, 6.45) is 0. The first-order valence-electron chi connectivity index (χ1n) is 45.1. The molecule has 0 saturated heterocycles. The van der Waals surface area contributed by atoms with Crippen molar-refractivity contribution in [2.24, 2.45) is 0 Å². The van der Waals surface area contributed by atoms with Crippen molar-refractivity contribution in [2.75, 3.05) is 0 Å². The van der Waals surface area contributed by atoms with Gasteiger partial charge in [0, 0.05) is 99.3 Å². The second kappa shape index (κ2) is 28.9. The van der Waals surface area contributed by atoms with E-state index in [9.17, 15) is 0 Å². The van der Waals surface area contributed by atoms with Crippen LogP contribution in [0.25, 0.3) is 201 Å². The highest BCUT2D eigenvalue weighted by Gasteiger charge is 2.53. The van der Waals surface area contributed by atoms with Crippen molar-refractivity contribution >= 4 is 65.6 Å². The van der Waals surface area contributed by atoms with Crippen molar-refractivity contribution < 1.29 is 13.9 Å². The highest BCUT2D eigenvalue weighted by Crippen LogP contribution is 2.65. The van der Waals surface area contributed by atoms with Gasteiger partial charge < -0.3 is 23.0 Å². The van der Waals surface area contributed by atoms with Crippen molar-refractivity contribution in [3.05, 3.63) is 481 Å². The van der Waals surface area contributed by atoms with Crippen LogP contribution in [0.5, 0.6) is 23.0 Å². The van der Waals surface area contributed by atoms with E-state index in [1.807, 2.05) is 54.6 Å². The zero-order chi connectivity index (χ0) is 87.1. The fraction of sp³-hybridized carbons (Fsp3) is 0.0164. The molecule has 0 N–H and O–H groups in total. The highest BCUT2D eigenvalue weighted by atomic mass is 16.5. The molecule has 24 aromatic rings. The van der Waals surface area contributed by atoms with Gasteiger partial charge in [0.15, 0.2) is 34.9 Å². The normalized spacial score (nSPS) is 13.2. The molecular formula is C122H72N8O3. The summed E-state index contributed by atoms with van der Waals surface area (Å²) in [7, 11) is 0. The van der Waals surface area contributed by atoms with Crippen LogP contribution in [0.3, 0.4) is 0 Å². The number of rotatable bonds is 11. The molecule has 133 heavy (non-hydrogen) atoms. The Morgan fingerprint density at radius 1 is 0.173 bits per heavy atom. The van der Waals surface area contributed by atoms with Crippen LogP contribution in [-0.2, 0) is 10.8 Å². The third kappa shape index (κ3) is 11.1. The molecule has 0 saturated carbocycles. The van der Waals surface area contributed by atoms with Gasteiger partial charge in [-0.1, -0.05) is 322 Å². The smallest absolute Gasteiger partial charge is 0.167 e. The Balaban J connectivity index is 0.637. The zero-order valence-corrected chi connectivity index (χ0v) is 71.4. The van der Waals surface area contributed by atoms with Crippen LogP contribution in [0.15, 0.2) is 441 Å². The van der Waals surface area contributed by atoms with Crippen LogP contribution in [-0.4, -0.2) is 39.0 Å². The third-order valence-corrected chi connectivity index (χ3v) is 28.0. The summed E-state index contributed by atoms with van der Waals surface area (Å²) in [5, 5.41) is 6.29. The van der Waals surface area contributed by atoms with Gasteiger partial charge in [0.25, 0.3) is 0 Å². The van der Waals surface area contributed by atoms with Crippen molar-refractivity contribution in [3.8, 4) is 158 Å². The van der Waals surface area contributed by atoms with Gasteiger partial charge in [0.2, 0.25) is 0 Å². The van der Waals surface area contributed by atoms with Gasteiger partial charge in [-0.15, -0.1) is 0 Å². The van der Waals surface area contributed by atoms with Crippen molar-refractivity contribution in [1.82, 2.24) is 39.0 Å². The Morgan fingerprint density at radius 3 is 1.10 bits per heavy atom. The molecule has 28 rings (SSSR count). The summed E-state index contributed by atoms with van der Waals surface area (Å²) in [4.78, 5) is 32.4. The largest absolute Gasteiger partial charge is 0.457 e. The molecule has 2 spiro atoms. The molecule has 11 nitrogen and oxygen atoms in total. The maximum atomic E-state index is 7.69. The number of fused-ring (bicyclic) bond motifs is 27. The molecule has 11 heteroatoms. The molecule has 2 aliphatic carbocycles. The Bertz CT molecular complexity index is 8840. The third-order valence-electron chi connectivity index (χ3n) is 28.0. The molecule has 0 fully saturated rings. The van der Waals surface area contributed by atoms with E-state index < -0.39 is 10.8 Å².